The van der Waals surface area contributed by atoms with Gasteiger partial charge in [0.25, 0.3) is 0 Å². The van der Waals surface area contributed by atoms with Crippen molar-refractivity contribution in [1.29, 1.82) is 0 Å². The average Bonchev–Trinajstić information content (AvgIpc) is 3.00. The zero-order chi connectivity index (χ0) is 13.8. The van der Waals surface area contributed by atoms with E-state index in [1.54, 1.807) is 0 Å². The highest BCUT2D eigenvalue weighted by atomic mass is 16.5. The first-order valence-electron chi connectivity index (χ1n) is 7.83. The maximum Gasteiger partial charge on any atom is 0.122 e. The van der Waals surface area contributed by atoms with Crippen LogP contribution >= 0.6 is 0 Å². The number of hydrogen-bond donors (Lipinski definition) is 1. The minimum Gasteiger partial charge on any atom is -0.493 e. The van der Waals surface area contributed by atoms with E-state index in [0.29, 0.717) is 12.0 Å². The van der Waals surface area contributed by atoms with Gasteiger partial charge in [-0.05, 0) is 56.2 Å². The Hall–Kier alpha value is -1.06. The van der Waals surface area contributed by atoms with Crippen LogP contribution in [0.3, 0.4) is 0 Å². The zero-order valence-electron chi connectivity index (χ0n) is 12.3. The number of fused-ring (bicyclic) bond motifs is 1. The van der Waals surface area contributed by atoms with E-state index in [9.17, 15) is 0 Å². The third kappa shape index (κ3) is 3.15. The molecule has 1 aromatic carbocycles. The molecule has 2 aliphatic rings. The second-order valence-electron chi connectivity index (χ2n) is 6.06. The summed E-state index contributed by atoms with van der Waals surface area (Å²) >= 11 is 0. The lowest BCUT2D eigenvalue weighted by molar-refractivity contribution is 0.180. The Morgan fingerprint density at radius 3 is 2.90 bits per heavy atom. The van der Waals surface area contributed by atoms with Crippen LogP contribution in [0.25, 0.3) is 0 Å². The van der Waals surface area contributed by atoms with Crippen LogP contribution in [0, 0.1) is 5.92 Å². The van der Waals surface area contributed by atoms with Crippen molar-refractivity contribution in [2.45, 2.75) is 37.6 Å². The second-order valence-corrected chi connectivity index (χ2v) is 6.06. The maximum absolute atomic E-state index is 5.76. The predicted molar refractivity (Wildman–Crippen MR) is 80.3 cm³/mol. The van der Waals surface area contributed by atoms with Crippen LogP contribution in [-0.2, 0) is 4.74 Å². The van der Waals surface area contributed by atoms with Gasteiger partial charge in [-0.1, -0.05) is 18.2 Å². The predicted octanol–water partition coefficient (Wildman–Crippen LogP) is 2.96. The molecule has 3 atom stereocenters. The van der Waals surface area contributed by atoms with Crippen molar-refractivity contribution in [1.82, 2.24) is 5.32 Å². The van der Waals surface area contributed by atoms with E-state index in [0.717, 1.165) is 37.9 Å². The molecule has 110 valence electrons. The molecular weight excluding hydrogens is 250 g/mol. The van der Waals surface area contributed by atoms with Gasteiger partial charge in [0.2, 0.25) is 0 Å². The van der Waals surface area contributed by atoms with Crippen LogP contribution in [0.15, 0.2) is 24.3 Å². The molecule has 1 aromatic rings. The molecule has 3 unspecified atom stereocenters. The third-order valence-corrected chi connectivity index (χ3v) is 4.70. The van der Waals surface area contributed by atoms with Crippen LogP contribution < -0.4 is 10.1 Å². The number of nitrogens with one attached hydrogen (secondary N) is 1. The summed E-state index contributed by atoms with van der Waals surface area (Å²) in [5.74, 6) is 2.45. The molecule has 0 aromatic heterocycles. The Kier molecular flexibility index (Phi) is 4.58. The van der Waals surface area contributed by atoms with Gasteiger partial charge >= 0.3 is 0 Å². The Balaban J connectivity index is 1.64. The first-order valence-corrected chi connectivity index (χ1v) is 7.83. The van der Waals surface area contributed by atoms with Crippen molar-refractivity contribution in [2.24, 2.45) is 5.92 Å². The van der Waals surface area contributed by atoms with E-state index in [1.165, 1.54) is 24.8 Å². The van der Waals surface area contributed by atoms with E-state index in [4.69, 9.17) is 9.47 Å². The molecule has 20 heavy (non-hydrogen) atoms. The van der Waals surface area contributed by atoms with Crippen LogP contribution in [0.2, 0.25) is 0 Å². The van der Waals surface area contributed by atoms with Gasteiger partial charge in [0.1, 0.15) is 5.75 Å². The fourth-order valence-electron chi connectivity index (χ4n) is 3.51. The molecule has 0 radical (unpaired) electrons. The van der Waals surface area contributed by atoms with Crippen LogP contribution in [0.4, 0.5) is 0 Å². The fraction of sp³-hybridized carbons (Fsp3) is 0.647. The normalized spacial score (nSPS) is 26.9. The lowest BCUT2D eigenvalue weighted by atomic mass is 9.85. The molecule has 0 spiro atoms. The summed E-state index contributed by atoms with van der Waals surface area (Å²) in [5.41, 5.74) is 1.39. The van der Waals surface area contributed by atoms with E-state index < -0.39 is 0 Å². The number of para-hydroxylation sites is 1. The lowest BCUT2D eigenvalue weighted by Crippen LogP contribution is -2.31. The molecule has 3 heteroatoms. The highest BCUT2D eigenvalue weighted by Crippen LogP contribution is 2.37. The van der Waals surface area contributed by atoms with E-state index in [-0.39, 0.29) is 0 Å². The molecule has 2 heterocycles. The van der Waals surface area contributed by atoms with Crippen molar-refractivity contribution < 1.29 is 9.47 Å². The quantitative estimate of drug-likeness (QED) is 0.896. The molecule has 3 nitrogen and oxygen atoms in total. The smallest absolute Gasteiger partial charge is 0.122 e. The number of ether oxygens (including phenoxy) is 2. The summed E-state index contributed by atoms with van der Waals surface area (Å²) < 4.78 is 11.3. The number of benzene rings is 1. The van der Waals surface area contributed by atoms with Crippen molar-refractivity contribution in [2.75, 3.05) is 26.9 Å². The first-order chi connectivity index (χ1) is 9.86. The highest BCUT2D eigenvalue weighted by molar-refractivity contribution is 5.37. The molecular formula is C17H25NO2. The third-order valence-electron chi connectivity index (χ3n) is 4.70. The molecule has 2 aliphatic heterocycles. The molecule has 0 amide bonds. The Morgan fingerprint density at radius 2 is 2.10 bits per heavy atom. The number of rotatable bonds is 5. The van der Waals surface area contributed by atoms with Gasteiger partial charge in [0, 0.05) is 19.3 Å². The average molecular weight is 275 g/mol. The summed E-state index contributed by atoms with van der Waals surface area (Å²) in [5, 5.41) is 3.51. The Bertz CT molecular complexity index is 429. The van der Waals surface area contributed by atoms with Gasteiger partial charge in [-0.15, -0.1) is 0 Å². The summed E-state index contributed by atoms with van der Waals surface area (Å²) in [7, 11) is 2.09. The van der Waals surface area contributed by atoms with Crippen LogP contribution in [0.1, 0.15) is 37.2 Å². The van der Waals surface area contributed by atoms with Crippen molar-refractivity contribution in [3.05, 3.63) is 29.8 Å². The Labute approximate surface area is 121 Å². The van der Waals surface area contributed by atoms with Crippen molar-refractivity contribution >= 4 is 0 Å². The van der Waals surface area contributed by atoms with Gasteiger partial charge < -0.3 is 14.8 Å². The number of hydrogen-bond acceptors (Lipinski definition) is 3. The SMILES string of the molecule is CNC(CC1CCOC1)CC1CCOc2ccccc21. The zero-order valence-corrected chi connectivity index (χ0v) is 12.3. The van der Waals surface area contributed by atoms with Gasteiger partial charge in [-0.3, -0.25) is 0 Å². The minimum absolute atomic E-state index is 0.581. The monoisotopic (exact) mass is 275 g/mol. The van der Waals surface area contributed by atoms with Gasteiger partial charge in [0.15, 0.2) is 0 Å². The van der Waals surface area contributed by atoms with Crippen LogP contribution in [-0.4, -0.2) is 32.9 Å². The Morgan fingerprint density at radius 1 is 1.20 bits per heavy atom. The maximum atomic E-state index is 5.76. The minimum atomic E-state index is 0.581. The molecule has 1 fully saturated rings. The van der Waals surface area contributed by atoms with Crippen molar-refractivity contribution in [3.8, 4) is 5.75 Å². The van der Waals surface area contributed by atoms with Crippen molar-refractivity contribution in [3.63, 3.8) is 0 Å². The first kappa shape index (κ1) is 13.9. The van der Waals surface area contributed by atoms with Gasteiger partial charge in [-0.2, -0.15) is 0 Å². The standard InChI is InChI=1S/C17H25NO2/c1-18-15(10-13-6-8-19-12-13)11-14-7-9-20-17-5-3-2-4-16(14)17/h2-5,13-15,18H,6-12H2,1H3. The van der Waals surface area contributed by atoms with Gasteiger partial charge in [-0.25, -0.2) is 0 Å². The molecule has 0 bridgehead atoms. The lowest BCUT2D eigenvalue weighted by Gasteiger charge is -2.30. The summed E-state index contributed by atoms with van der Waals surface area (Å²) in [4.78, 5) is 0. The summed E-state index contributed by atoms with van der Waals surface area (Å²) in [6.45, 7) is 2.74. The highest BCUT2D eigenvalue weighted by Gasteiger charge is 2.26. The van der Waals surface area contributed by atoms with Gasteiger partial charge in [0.05, 0.1) is 6.61 Å². The molecule has 1 saturated heterocycles. The fourth-order valence-corrected chi connectivity index (χ4v) is 3.51. The molecule has 0 aliphatic carbocycles. The van der Waals surface area contributed by atoms with E-state index in [1.807, 2.05) is 0 Å². The summed E-state index contributed by atoms with van der Waals surface area (Å²) in [6, 6.07) is 9.09. The van der Waals surface area contributed by atoms with E-state index in [2.05, 4.69) is 36.6 Å². The molecule has 3 rings (SSSR count). The molecule has 1 N–H and O–H groups in total. The largest absolute Gasteiger partial charge is 0.493 e. The topological polar surface area (TPSA) is 30.5 Å². The second kappa shape index (κ2) is 6.59. The van der Waals surface area contributed by atoms with E-state index >= 15 is 0 Å². The van der Waals surface area contributed by atoms with Crippen LogP contribution in [0.5, 0.6) is 5.75 Å². The molecule has 0 saturated carbocycles. The summed E-state index contributed by atoms with van der Waals surface area (Å²) in [6.07, 6.45) is 4.79.